The molecule has 1 atom stereocenters. The van der Waals surface area contributed by atoms with Crippen molar-refractivity contribution < 1.29 is 9.21 Å². The zero-order valence-electron chi connectivity index (χ0n) is 18.5. The molecule has 1 N–H and O–H groups in total. The zero-order chi connectivity index (χ0) is 22.6. The van der Waals surface area contributed by atoms with Gasteiger partial charge in [0.05, 0.1) is 24.6 Å². The summed E-state index contributed by atoms with van der Waals surface area (Å²) < 4.78 is 7.57. The van der Waals surface area contributed by atoms with Crippen molar-refractivity contribution in [3.63, 3.8) is 0 Å². The van der Waals surface area contributed by atoms with Crippen LogP contribution in [-0.2, 0) is 11.3 Å². The standard InChI is InChI=1S/C26H26N4O2S/c1-18-9-11-20(12-10-18)24(21-13-14-21)27-23(31)17-33-26-29-28-25(22-8-5-15-32-22)30(26)16-19-6-3-2-4-7-19/h2-12,15,21,24H,13-14,16-17H2,1H3,(H,27,31). The maximum Gasteiger partial charge on any atom is 0.230 e. The topological polar surface area (TPSA) is 73.0 Å². The number of carbonyl (C=O) groups excluding carboxylic acids is 1. The minimum Gasteiger partial charge on any atom is -0.461 e. The van der Waals surface area contributed by atoms with Gasteiger partial charge in [0.1, 0.15) is 0 Å². The van der Waals surface area contributed by atoms with Crippen LogP contribution in [0.4, 0.5) is 0 Å². The molecule has 0 bridgehead atoms. The highest BCUT2D eigenvalue weighted by molar-refractivity contribution is 7.99. The van der Waals surface area contributed by atoms with Crippen molar-refractivity contribution >= 4 is 17.7 Å². The van der Waals surface area contributed by atoms with E-state index in [0.29, 0.717) is 29.2 Å². The van der Waals surface area contributed by atoms with Crippen LogP contribution in [0.25, 0.3) is 11.6 Å². The van der Waals surface area contributed by atoms with E-state index in [9.17, 15) is 4.79 Å². The predicted molar refractivity (Wildman–Crippen MR) is 129 cm³/mol. The van der Waals surface area contributed by atoms with Crippen molar-refractivity contribution in [2.75, 3.05) is 5.75 Å². The van der Waals surface area contributed by atoms with Crippen molar-refractivity contribution in [3.05, 3.63) is 89.7 Å². The first-order valence-corrected chi connectivity index (χ1v) is 12.2. The Hall–Kier alpha value is -3.32. The first-order valence-electron chi connectivity index (χ1n) is 11.2. The van der Waals surface area contributed by atoms with Crippen LogP contribution in [0.5, 0.6) is 0 Å². The lowest BCUT2D eigenvalue weighted by Crippen LogP contribution is -2.31. The number of hydrogen-bond donors (Lipinski definition) is 1. The fourth-order valence-corrected chi connectivity index (χ4v) is 4.66. The molecule has 0 aliphatic heterocycles. The van der Waals surface area contributed by atoms with Crippen molar-refractivity contribution in [1.82, 2.24) is 20.1 Å². The Morgan fingerprint density at radius 2 is 1.88 bits per heavy atom. The molecule has 33 heavy (non-hydrogen) atoms. The number of hydrogen-bond acceptors (Lipinski definition) is 5. The minimum atomic E-state index is 0.00582. The normalized spacial score (nSPS) is 14.2. The van der Waals surface area contributed by atoms with Crippen LogP contribution < -0.4 is 5.32 Å². The Labute approximate surface area is 197 Å². The van der Waals surface area contributed by atoms with Gasteiger partial charge in [-0.15, -0.1) is 10.2 Å². The predicted octanol–water partition coefficient (Wildman–Crippen LogP) is 5.25. The van der Waals surface area contributed by atoms with Crippen LogP contribution in [-0.4, -0.2) is 26.4 Å². The molecule has 1 aliphatic rings. The number of nitrogens with zero attached hydrogens (tertiary/aromatic N) is 3. The van der Waals surface area contributed by atoms with Gasteiger partial charge in [-0.2, -0.15) is 0 Å². The Morgan fingerprint density at radius 1 is 1.09 bits per heavy atom. The second-order valence-electron chi connectivity index (χ2n) is 8.44. The average Bonchev–Trinajstić information content (AvgIpc) is 3.38. The molecule has 0 saturated heterocycles. The van der Waals surface area contributed by atoms with Crippen LogP contribution >= 0.6 is 11.8 Å². The van der Waals surface area contributed by atoms with Gasteiger partial charge in [0.15, 0.2) is 10.9 Å². The van der Waals surface area contributed by atoms with Gasteiger partial charge in [0, 0.05) is 0 Å². The van der Waals surface area contributed by atoms with E-state index in [1.54, 1.807) is 6.26 Å². The van der Waals surface area contributed by atoms with E-state index < -0.39 is 0 Å². The van der Waals surface area contributed by atoms with Crippen LogP contribution in [0.2, 0.25) is 0 Å². The van der Waals surface area contributed by atoms with Crippen molar-refractivity contribution in [2.24, 2.45) is 5.92 Å². The number of amides is 1. The highest BCUT2D eigenvalue weighted by atomic mass is 32.2. The molecule has 5 rings (SSSR count). The number of aryl methyl sites for hydroxylation is 1. The lowest BCUT2D eigenvalue weighted by atomic mass is 10.0. The lowest BCUT2D eigenvalue weighted by molar-refractivity contribution is -0.119. The lowest BCUT2D eigenvalue weighted by Gasteiger charge is -2.19. The van der Waals surface area contributed by atoms with Crippen molar-refractivity contribution in [1.29, 1.82) is 0 Å². The van der Waals surface area contributed by atoms with E-state index in [1.807, 2.05) is 34.9 Å². The first kappa shape index (κ1) is 21.5. The summed E-state index contributed by atoms with van der Waals surface area (Å²) >= 11 is 1.40. The summed E-state index contributed by atoms with van der Waals surface area (Å²) in [6, 6.07) is 22.4. The first-order chi connectivity index (χ1) is 16.2. The zero-order valence-corrected chi connectivity index (χ0v) is 19.3. The minimum absolute atomic E-state index is 0.00582. The number of aromatic nitrogens is 3. The monoisotopic (exact) mass is 458 g/mol. The molecule has 2 heterocycles. The Morgan fingerprint density at radius 3 is 2.58 bits per heavy atom. The molecule has 4 aromatic rings. The average molecular weight is 459 g/mol. The Balaban J connectivity index is 1.30. The molecule has 1 saturated carbocycles. The van der Waals surface area contributed by atoms with E-state index in [4.69, 9.17) is 4.42 Å². The highest BCUT2D eigenvalue weighted by Crippen LogP contribution is 2.41. The van der Waals surface area contributed by atoms with E-state index in [1.165, 1.54) is 22.9 Å². The summed E-state index contributed by atoms with van der Waals surface area (Å²) in [5.41, 5.74) is 3.53. The molecule has 0 spiro atoms. The molecule has 7 heteroatoms. The maximum absolute atomic E-state index is 12.9. The summed E-state index contributed by atoms with van der Waals surface area (Å²) in [5.74, 6) is 2.12. The molecule has 6 nitrogen and oxygen atoms in total. The molecule has 1 amide bonds. The quantitative estimate of drug-likeness (QED) is 0.347. The van der Waals surface area contributed by atoms with E-state index >= 15 is 0 Å². The second kappa shape index (κ2) is 9.67. The van der Waals surface area contributed by atoms with Crippen LogP contribution in [0.3, 0.4) is 0 Å². The number of furan rings is 1. The molecule has 168 valence electrons. The molecule has 1 unspecified atom stereocenters. The smallest absolute Gasteiger partial charge is 0.230 e. The third-order valence-corrected chi connectivity index (χ3v) is 6.79. The summed E-state index contributed by atoms with van der Waals surface area (Å²) in [6.45, 7) is 2.68. The fraction of sp³-hybridized carbons (Fsp3) is 0.269. The van der Waals surface area contributed by atoms with Gasteiger partial charge in [-0.3, -0.25) is 9.36 Å². The molecular weight excluding hydrogens is 432 g/mol. The molecule has 0 radical (unpaired) electrons. The number of benzene rings is 2. The van der Waals surface area contributed by atoms with Crippen molar-refractivity contribution in [2.45, 2.75) is 37.5 Å². The van der Waals surface area contributed by atoms with Crippen LogP contribution in [0, 0.1) is 12.8 Å². The molecule has 1 fully saturated rings. The molecule has 2 aromatic heterocycles. The van der Waals surface area contributed by atoms with Gasteiger partial charge in [0.2, 0.25) is 11.7 Å². The summed E-state index contributed by atoms with van der Waals surface area (Å²) in [5, 5.41) is 12.7. The summed E-state index contributed by atoms with van der Waals surface area (Å²) in [6.07, 6.45) is 3.94. The molecule has 1 aliphatic carbocycles. The number of thioether (sulfide) groups is 1. The highest BCUT2D eigenvalue weighted by Gasteiger charge is 2.33. The third kappa shape index (κ3) is 5.20. The Kier molecular flexibility index (Phi) is 6.30. The number of nitrogens with one attached hydrogen (secondary N) is 1. The number of rotatable bonds is 9. The van der Waals surface area contributed by atoms with Crippen LogP contribution in [0.15, 0.2) is 82.6 Å². The third-order valence-electron chi connectivity index (χ3n) is 5.82. The second-order valence-corrected chi connectivity index (χ2v) is 9.38. The van der Waals surface area contributed by atoms with Gasteiger partial charge < -0.3 is 9.73 Å². The van der Waals surface area contributed by atoms with E-state index in [2.05, 4.69) is 58.8 Å². The van der Waals surface area contributed by atoms with Crippen LogP contribution in [0.1, 0.15) is 35.6 Å². The van der Waals surface area contributed by atoms with Gasteiger partial charge in [-0.1, -0.05) is 71.9 Å². The fourth-order valence-electron chi connectivity index (χ4n) is 3.91. The van der Waals surface area contributed by atoms with E-state index in [0.717, 1.165) is 18.4 Å². The molecule has 2 aromatic carbocycles. The van der Waals surface area contributed by atoms with Gasteiger partial charge in [0.25, 0.3) is 0 Å². The van der Waals surface area contributed by atoms with Gasteiger partial charge in [-0.05, 0) is 48.9 Å². The Bertz CT molecular complexity index is 1200. The summed E-state index contributed by atoms with van der Waals surface area (Å²) in [4.78, 5) is 12.9. The number of carbonyl (C=O) groups is 1. The van der Waals surface area contributed by atoms with Gasteiger partial charge in [-0.25, -0.2) is 0 Å². The molecular formula is C26H26N4O2S. The summed E-state index contributed by atoms with van der Waals surface area (Å²) in [7, 11) is 0. The SMILES string of the molecule is Cc1ccc(C(NC(=O)CSc2nnc(-c3ccco3)n2Cc2ccccc2)C2CC2)cc1. The van der Waals surface area contributed by atoms with Gasteiger partial charge >= 0.3 is 0 Å². The van der Waals surface area contributed by atoms with Crippen molar-refractivity contribution in [3.8, 4) is 11.6 Å². The van der Waals surface area contributed by atoms with E-state index in [-0.39, 0.29) is 17.7 Å². The maximum atomic E-state index is 12.9. The largest absolute Gasteiger partial charge is 0.461 e.